The first-order valence-corrected chi connectivity index (χ1v) is 8.28. The summed E-state index contributed by atoms with van der Waals surface area (Å²) >= 11 is 0. The molecular formula is C20H19N3O3. The smallest absolute Gasteiger partial charge is 0.261 e. The number of aryl methyl sites for hydroxylation is 1. The van der Waals surface area contributed by atoms with Crippen molar-refractivity contribution in [3.8, 4) is 11.5 Å². The second-order valence-corrected chi connectivity index (χ2v) is 6.28. The van der Waals surface area contributed by atoms with Crippen LogP contribution in [0.2, 0.25) is 0 Å². The molecule has 0 bridgehead atoms. The molecule has 0 unspecified atom stereocenters. The predicted molar refractivity (Wildman–Crippen MR) is 101 cm³/mol. The maximum Gasteiger partial charge on any atom is 0.261 e. The lowest BCUT2D eigenvalue weighted by atomic mass is 10.1. The van der Waals surface area contributed by atoms with Crippen molar-refractivity contribution >= 4 is 21.8 Å². The third-order valence-corrected chi connectivity index (χ3v) is 4.50. The molecule has 0 fully saturated rings. The van der Waals surface area contributed by atoms with Crippen LogP contribution in [-0.4, -0.2) is 28.8 Å². The quantitative estimate of drug-likeness (QED) is 0.614. The van der Waals surface area contributed by atoms with E-state index in [9.17, 15) is 4.79 Å². The van der Waals surface area contributed by atoms with Gasteiger partial charge in [0.15, 0.2) is 11.5 Å². The van der Waals surface area contributed by atoms with E-state index in [0.717, 1.165) is 22.2 Å². The Labute approximate surface area is 150 Å². The van der Waals surface area contributed by atoms with Gasteiger partial charge in [0, 0.05) is 17.3 Å². The highest BCUT2D eigenvalue weighted by Crippen LogP contribution is 2.29. The molecule has 0 saturated heterocycles. The van der Waals surface area contributed by atoms with Crippen LogP contribution in [0.4, 0.5) is 0 Å². The van der Waals surface area contributed by atoms with E-state index < -0.39 is 0 Å². The summed E-state index contributed by atoms with van der Waals surface area (Å²) < 4.78 is 12.2. The van der Waals surface area contributed by atoms with E-state index >= 15 is 0 Å². The molecule has 4 rings (SSSR count). The summed E-state index contributed by atoms with van der Waals surface area (Å²) in [7, 11) is 3.11. The van der Waals surface area contributed by atoms with Crippen LogP contribution in [-0.2, 0) is 6.54 Å². The van der Waals surface area contributed by atoms with Crippen molar-refractivity contribution in [1.29, 1.82) is 0 Å². The van der Waals surface area contributed by atoms with Crippen molar-refractivity contribution in [3.05, 3.63) is 64.3 Å². The van der Waals surface area contributed by atoms with Crippen LogP contribution in [0.25, 0.3) is 21.8 Å². The number of nitrogens with one attached hydrogen (secondary N) is 1. The van der Waals surface area contributed by atoms with Crippen LogP contribution in [0.3, 0.4) is 0 Å². The van der Waals surface area contributed by atoms with Crippen LogP contribution >= 0.6 is 0 Å². The number of ether oxygens (including phenoxy) is 2. The van der Waals surface area contributed by atoms with Crippen molar-refractivity contribution in [3.63, 3.8) is 0 Å². The summed E-state index contributed by atoms with van der Waals surface area (Å²) in [5.41, 5.74) is 3.72. The summed E-state index contributed by atoms with van der Waals surface area (Å²) in [6.45, 7) is 2.48. The molecular weight excluding hydrogens is 330 g/mol. The molecule has 6 nitrogen and oxygen atoms in total. The Morgan fingerprint density at radius 2 is 1.85 bits per heavy atom. The first-order valence-electron chi connectivity index (χ1n) is 8.28. The fraction of sp³-hybridized carbons (Fsp3) is 0.200. The van der Waals surface area contributed by atoms with E-state index in [1.165, 1.54) is 0 Å². The summed E-state index contributed by atoms with van der Waals surface area (Å²) in [6.07, 6.45) is 1.57. The first-order chi connectivity index (χ1) is 12.6. The van der Waals surface area contributed by atoms with E-state index in [-0.39, 0.29) is 5.56 Å². The standard InChI is InChI=1S/C20H19N3O3/c1-12-6-14-7-13(4-5-16(14)22-12)10-23-11-21-17-9-19(26-3)18(25-2)8-15(17)20(23)24/h4-9,11,22H,10H2,1-3H3. The average molecular weight is 349 g/mol. The molecule has 6 heteroatoms. The molecule has 132 valence electrons. The minimum absolute atomic E-state index is 0.110. The summed E-state index contributed by atoms with van der Waals surface area (Å²) in [5, 5.41) is 1.64. The molecule has 0 saturated carbocycles. The van der Waals surface area contributed by atoms with Gasteiger partial charge in [0.2, 0.25) is 0 Å². The minimum Gasteiger partial charge on any atom is -0.493 e. The number of methoxy groups -OCH3 is 2. The highest BCUT2D eigenvalue weighted by atomic mass is 16.5. The fourth-order valence-electron chi connectivity index (χ4n) is 3.22. The predicted octanol–water partition coefficient (Wildman–Crippen LogP) is 3.25. The second kappa shape index (κ2) is 6.22. The van der Waals surface area contributed by atoms with Gasteiger partial charge in [-0.15, -0.1) is 0 Å². The number of benzene rings is 2. The summed E-state index contributed by atoms with van der Waals surface area (Å²) in [6, 6.07) is 11.6. The van der Waals surface area contributed by atoms with Gasteiger partial charge in [0.05, 0.1) is 38.0 Å². The second-order valence-electron chi connectivity index (χ2n) is 6.28. The van der Waals surface area contributed by atoms with Gasteiger partial charge in [-0.2, -0.15) is 0 Å². The number of aromatic amines is 1. The van der Waals surface area contributed by atoms with Crippen molar-refractivity contribution in [2.24, 2.45) is 0 Å². The van der Waals surface area contributed by atoms with Crippen molar-refractivity contribution in [2.75, 3.05) is 14.2 Å². The molecule has 0 aliphatic rings. The SMILES string of the molecule is COc1cc2ncn(Cc3ccc4[nH]c(C)cc4c3)c(=O)c2cc1OC. The molecule has 0 aliphatic carbocycles. The molecule has 0 spiro atoms. The van der Waals surface area contributed by atoms with Crippen LogP contribution in [0, 0.1) is 6.92 Å². The third kappa shape index (κ3) is 2.69. The number of nitrogens with zero attached hydrogens (tertiary/aromatic N) is 2. The Kier molecular flexibility index (Phi) is 3.88. The molecule has 2 aromatic carbocycles. The lowest BCUT2D eigenvalue weighted by molar-refractivity contribution is 0.355. The third-order valence-electron chi connectivity index (χ3n) is 4.50. The van der Waals surface area contributed by atoms with Gasteiger partial charge < -0.3 is 14.5 Å². The number of rotatable bonds is 4. The number of H-pyrrole nitrogens is 1. The van der Waals surface area contributed by atoms with Gasteiger partial charge in [-0.05, 0) is 42.1 Å². The molecule has 2 heterocycles. The monoisotopic (exact) mass is 349 g/mol. The van der Waals surface area contributed by atoms with E-state index in [1.54, 1.807) is 37.2 Å². The number of aromatic nitrogens is 3. The highest BCUT2D eigenvalue weighted by molar-refractivity contribution is 5.82. The Bertz CT molecular complexity index is 1170. The van der Waals surface area contributed by atoms with E-state index in [0.29, 0.717) is 28.9 Å². The Balaban J connectivity index is 1.78. The zero-order chi connectivity index (χ0) is 18.3. The molecule has 1 N–H and O–H groups in total. The van der Waals surface area contributed by atoms with Crippen LogP contribution in [0.1, 0.15) is 11.3 Å². The average Bonchev–Trinajstić information content (AvgIpc) is 3.02. The van der Waals surface area contributed by atoms with Crippen LogP contribution < -0.4 is 15.0 Å². The van der Waals surface area contributed by atoms with Crippen LogP contribution in [0.15, 0.2) is 47.5 Å². The van der Waals surface area contributed by atoms with Gasteiger partial charge in [-0.1, -0.05) is 6.07 Å². The number of fused-ring (bicyclic) bond motifs is 2. The maximum atomic E-state index is 12.9. The van der Waals surface area contributed by atoms with E-state index in [2.05, 4.69) is 22.1 Å². The Hall–Kier alpha value is -3.28. The molecule has 0 amide bonds. The van der Waals surface area contributed by atoms with Gasteiger partial charge in [-0.25, -0.2) is 4.98 Å². The lowest BCUT2D eigenvalue weighted by Crippen LogP contribution is -2.21. The molecule has 2 aromatic heterocycles. The first kappa shape index (κ1) is 16.2. The van der Waals surface area contributed by atoms with E-state index in [4.69, 9.17) is 9.47 Å². The molecule has 0 aliphatic heterocycles. The largest absolute Gasteiger partial charge is 0.493 e. The zero-order valence-electron chi connectivity index (χ0n) is 14.9. The lowest BCUT2D eigenvalue weighted by Gasteiger charge is -2.10. The fourth-order valence-corrected chi connectivity index (χ4v) is 3.22. The topological polar surface area (TPSA) is 69.1 Å². The summed E-state index contributed by atoms with van der Waals surface area (Å²) in [4.78, 5) is 20.6. The van der Waals surface area contributed by atoms with Gasteiger partial charge in [0.1, 0.15) is 0 Å². The number of hydrogen-bond acceptors (Lipinski definition) is 4. The number of hydrogen-bond donors (Lipinski definition) is 1. The maximum absolute atomic E-state index is 12.9. The van der Waals surface area contributed by atoms with Crippen molar-refractivity contribution < 1.29 is 9.47 Å². The van der Waals surface area contributed by atoms with Crippen molar-refractivity contribution in [1.82, 2.24) is 14.5 Å². The Morgan fingerprint density at radius 3 is 2.62 bits per heavy atom. The summed E-state index contributed by atoms with van der Waals surface area (Å²) in [5.74, 6) is 1.07. The highest BCUT2D eigenvalue weighted by Gasteiger charge is 2.11. The Morgan fingerprint density at radius 1 is 1.08 bits per heavy atom. The molecule has 4 aromatic rings. The molecule has 0 atom stereocenters. The normalized spacial score (nSPS) is 11.2. The van der Waals surface area contributed by atoms with Gasteiger partial charge >= 0.3 is 0 Å². The van der Waals surface area contributed by atoms with Gasteiger partial charge in [0.25, 0.3) is 5.56 Å². The van der Waals surface area contributed by atoms with Gasteiger partial charge in [-0.3, -0.25) is 9.36 Å². The van der Waals surface area contributed by atoms with Crippen LogP contribution in [0.5, 0.6) is 11.5 Å². The van der Waals surface area contributed by atoms with Crippen molar-refractivity contribution in [2.45, 2.75) is 13.5 Å². The zero-order valence-corrected chi connectivity index (χ0v) is 14.9. The van der Waals surface area contributed by atoms with E-state index in [1.807, 2.05) is 19.1 Å². The molecule has 26 heavy (non-hydrogen) atoms. The molecule has 0 radical (unpaired) electrons. The minimum atomic E-state index is -0.110.